The first-order valence-electron chi connectivity index (χ1n) is 8.03. The van der Waals surface area contributed by atoms with Crippen LogP contribution < -0.4 is 5.32 Å². The molecule has 4 heteroatoms. The van der Waals surface area contributed by atoms with Gasteiger partial charge >= 0.3 is 8.56 Å². The molecule has 0 spiro atoms. The highest BCUT2D eigenvalue weighted by Crippen LogP contribution is 2.43. The third kappa shape index (κ3) is 2.78. The molecule has 0 radical (unpaired) electrons. The molecule has 2 aliphatic rings. The van der Waals surface area contributed by atoms with Crippen molar-refractivity contribution in [2.75, 3.05) is 20.8 Å². The van der Waals surface area contributed by atoms with Crippen LogP contribution in [0.25, 0.3) is 0 Å². The Kier molecular flexibility index (Phi) is 5.46. The van der Waals surface area contributed by atoms with Gasteiger partial charge in [-0.05, 0) is 31.2 Å². The van der Waals surface area contributed by atoms with Gasteiger partial charge < -0.3 is 14.2 Å². The second-order valence-electron chi connectivity index (χ2n) is 6.37. The summed E-state index contributed by atoms with van der Waals surface area (Å²) in [6.45, 7) is 5.71. The first-order valence-corrected chi connectivity index (χ1v) is 10.00. The summed E-state index contributed by atoms with van der Waals surface area (Å²) in [5.41, 5.74) is 1.03. The summed E-state index contributed by atoms with van der Waals surface area (Å²) in [4.78, 5) is 0. The zero-order valence-corrected chi connectivity index (χ0v) is 14.1. The van der Waals surface area contributed by atoms with Gasteiger partial charge in [-0.3, -0.25) is 0 Å². The minimum atomic E-state index is -2.17. The SMILES string of the molecule is CCC(C)[Si](OC)(OC)C1NCCC2CCCCC21. The lowest BCUT2D eigenvalue weighted by Crippen LogP contribution is -2.67. The van der Waals surface area contributed by atoms with E-state index in [0.717, 1.165) is 24.8 Å². The molecule has 1 aliphatic heterocycles. The average Bonchev–Trinajstić information content (AvgIpc) is 2.49. The fraction of sp³-hybridized carbons (Fsp3) is 1.00. The number of rotatable bonds is 5. The lowest BCUT2D eigenvalue weighted by atomic mass is 9.75. The van der Waals surface area contributed by atoms with Crippen molar-refractivity contribution < 1.29 is 8.85 Å². The molecule has 4 unspecified atom stereocenters. The fourth-order valence-corrected chi connectivity index (χ4v) is 8.51. The summed E-state index contributed by atoms with van der Waals surface area (Å²) in [5.74, 6) is 1.68. The second kappa shape index (κ2) is 6.70. The quantitative estimate of drug-likeness (QED) is 0.787. The van der Waals surface area contributed by atoms with E-state index in [1.807, 2.05) is 14.2 Å². The molecule has 0 aromatic heterocycles. The fourth-order valence-electron chi connectivity index (χ4n) is 4.38. The molecule has 1 N–H and O–H groups in total. The van der Waals surface area contributed by atoms with E-state index in [2.05, 4.69) is 19.2 Å². The molecule has 2 rings (SSSR count). The summed E-state index contributed by atoms with van der Waals surface area (Å²) in [6.07, 6.45) is 8.08. The molecular weight excluding hydrogens is 254 g/mol. The zero-order chi connectivity index (χ0) is 13.9. The molecule has 112 valence electrons. The Morgan fingerprint density at radius 1 is 1.16 bits per heavy atom. The summed E-state index contributed by atoms with van der Waals surface area (Å²) in [5, 5.41) is 3.79. The summed E-state index contributed by atoms with van der Waals surface area (Å²) >= 11 is 0. The van der Waals surface area contributed by atoms with Gasteiger partial charge in [0, 0.05) is 19.8 Å². The van der Waals surface area contributed by atoms with Crippen molar-refractivity contribution in [2.24, 2.45) is 11.8 Å². The van der Waals surface area contributed by atoms with E-state index in [1.165, 1.54) is 32.1 Å². The van der Waals surface area contributed by atoms with Gasteiger partial charge in [0.25, 0.3) is 0 Å². The van der Waals surface area contributed by atoms with Gasteiger partial charge in [-0.25, -0.2) is 0 Å². The Balaban J connectivity index is 2.23. The molecule has 0 aromatic carbocycles. The Morgan fingerprint density at radius 3 is 2.47 bits per heavy atom. The highest BCUT2D eigenvalue weighted by Gasteiger charge is 2.54. The molecule has 1 aliphatic carbocycles. The molecule has 3 nitrogen and oxygen atoms in total. The van der Waals surface area contributed by atoms with Crippen LogP contribution in [0.5, 0.6) is 0 Å². The minimum absolute atomic E-state index is 0.483. The molecule has 0 amide bonds. The number of fused-ring (bicyclic) bond motifs is 1. The Morgan fingerprint density at radius 2 is 1.84 bits per heavy atom. The molecule has 0 bridgehead atoms. The maximum atomic E-state index is 6.08. The summed E-state index contributed by atoms with van der Waals surface area (Å²) in [6, 6.07) is 0. The van der Waals surface area contributed by atoms with E-state index in [-0.39, 0.29) is 0 Å². The summed E-state index contributed by atoms with van der Waals surface area (Å²) in [7, 11) is 1.58. The zero-order valence-electron chi connectivity index (χ0n) is 13.1. The predicted molar refractivity (Wildman–Crippen MR) is 81.3 cm³/mol. The van der Waals surface area contributed by atoms with Gasteiger partial charge in [0.15, 0.2) is 0 Å². The Labute approximate surface area is 119 Å². The van der Waals surface area contributed by atoms with Crippen molar-refractivity contribution in [2.45, 2.75) is 63.6 Å². The molecule has 1 saturated carbocycles. The van der Waals surface area contributed by atoms with Crippen molar-refractivity contribution in [3.63, 3.8) is 0 Å². The molecule has 4 atom stereocenters. The highest BCUT2D eigenvalue weighted by atomic mass is 28.4. The number of hydrogen-bond donors (Lipinski definition) is 1. The predicted octanol–water partition coefficient (Wildman–Crippen LogP) is 3.23. The van der Waals surface area contributed by atoms with Gasteiger partial charge in [-0.15, -0.1) is 0 Å². The topological polar surface area (TPSA) is 30.5 Å². The standard InChI is InChI=1S/C15H31NO2Si/c1-5-12(2)19(17-3,18-4)15-14-9-7-6-8-13(14)10-11-16-15/h12-16H,5-11H2,1-4H3. The monoisotopic (exact) mass is 285 g/mol. The molecule has 0 aromatic rings. The summed E-state index contributed by atoms with van der Waals surface area (Å²) < 4.78 is 12.2. The van der Waals surface area contributed by atoms with Crippen LogP contribution in [-0.4, -0.2) is 35.0 Å². The molecule has 1 saturated heterocycles. The third-order valence-electron chi connectivity index (χ3n) is 5.65. The number of piperidine rings is 1. The van der Waals surface area contributed by atoms with E-state index in [4.69, 9.17) is 8.85 Å². The third-order valence-corrected chi connectivity index (χ3v) is 10.2. The maximum Gasteiger partial charge on any atom is 0.358 e. The van der Waals surface area contributed by atoms with Crippen LogP contribution >= 0.6 is 0 Å². The van der Waals surface area contributed by atoms with Crippen LogP contribution in [0.2, 0.25) is 5.54 Å². The Hall–Kier alpha value is 0.0969. The first-order chi connectivity index (χ1) is 9.19. The normalized spacial score (nSPS) is 33.8. The largest absolute Gasteiger partial charge is 0.397 e. The van der Waals surface area contributed by atoms with Crippen LogP contribution in [-0.2, 0) is 8.85 Å². The number of nitrogens with one attached hydrogen (secondary N) is 1. The van der Waals surface area contributed by atoms with Crippen molar-refractivity contribution in [1.82, 2.24) is 5.32 Å². The van der Waals surface area contributed by atoms with Gasteiger partial charge in [0.1, 0.15) is 0 Å². The smallest absolute Gasteiger partial charge is 0.358 e. The van der Waals surface area contributed by atoms with Gasteiger partial charge in [0.2, 0.25) is 0 Å². The van der Waals surface area contributed by atoms with E-state index in [1.54, 1.807) is 0 Å². The Bertz CT molecular complexity index is 281. The van der Waals surface area contributed by atoms with Crippen molar-refractivity contribution in [3.8, 4) is 0 Å². The average molecular weight is 286 g/mol. The molecule has 2 fully saturated rings. The van der Waals surface area contributed by atoms with Crippen molar-refractivity contribution in [1.29, 1.82) is 0 Å². The van der Waals surface area contributed by atoms with Gasteiger partial charge in [-0.2, -0.15) is 0 Å². The lowest BCUT2D eigenvalue weighted by molar-refractivity contribution is 0.118. The second-order valence-corrected chi connectivity index (χ2v) is 10.2. The van der Waals surface area contributed by atoms with Crippen LogP contribution in [0.1, 0.15) is 52.4 Å². The lowest BCUT2D eigenvalue weighted by Gasteiger charge is -2.49. The van der Waals surface area contributed by atoms with Crippen molar-refractivity contribution >= 4 is 8.56 Å². The maximum absolute atomic E-state index is 6.08. The minimum Gasteiger partial charge on any atom is -0.397 e. The van der Waals surface area contributed by atoms with E-state index >= 15 is 0 Å². The van der Waals surface area contributed by atoms with E-state index in [9.17, 15) is 0 Å². The van der Waals surface area contributed by atoms with Crippen molar-refractivity contribution in [3.05, 3.63) is 0 Å². The first kappa shape index (κ1) is 15.5. The van der Waals surface area contributed by atoms with E-state index < -0.39 is 8.56 Å². The highest BCUT2D eigenvalue weighted by molar-refractivity contribution is 6.70. The molecular formula is C15H31NO2Si. The molecule has 19 heavy (non-hydrogen) atoms. The van der Waals surface area contributed by atoms with Crippen LogP contribution in [0, 0.1) is 11.8 Å². The van der Waals surface area contributed by atoms with Crippen LogP contribution in [0.4, 0.5) is 0 Å². The number of hydrogen-bond acceptors (Lipinski definition) is 3. The van der Waals surface area contributed by atoms with E-state index in [0.29, 0.717) is 11.2 Å². The molecule has 1 heterocycles. The van der Waals surface area contributed by atoms with Gasteiger partial charge in [0.05, 0.1) is 5.67 Å². The van der Waals surface area contributed by atoms with Gasteiger partial charge in [-0.1, -0.05) is 39.5 Å². The van der Waals surface area contributed by atoms with Crippen LogP contribution in [0.3, 0.4) is 0 Å². The van der Waals surface area contributed by atoms with Crippen LogP contribution in [0.15, 0.2) is 0 Å².